The first-order valence-electron chi connectivity index (χ1n) is 7.97. The highest BCUT2D eigenvalue weighted by molar-refractivity contribution is 6.30. The highest BCUT2D eigenvalue weighted by atomic mass is 35.5. The Balaban J connectivity index is 1.75. The minimum Gasteiger partial charge on any atom is -0.338 e. The van der Waals surface area contributed by atoms with Gasteiger partial charge in [-0.1, -0.05) is 11.6 Å². The fraction of sp³-hybridized carbons (Fsp3) is 0.588. The third-order valence-electron chi connectivity index (χ3n) is 4.88. The summed E-state index contributed by atoms with van der Waals surface area (Å²) in [4.78, 5) is 20.9. The molecule has 2 heterocycles. The van der Waals surface area contributed by atoms with Crippen LogP contribution in [0.25, 0.3) is 0 Å². The van der Waals surface area contributed by atoms with Gasteiger partial charge >= 0.3 is 0 Å². The highest BCUT2D eigenvalue weighted by Crippen LogP contribution is 2.36. The molecule has 1 aromatic heterocycles. The maximum atomic E-state index is 12.1. The minimum atomic E-state index is 0.230. The van der Waals surface area contributed by atoms with Gasteiger partial charge in [0.2, 0.25) is 5.91 Å². The lowest BCUT2D eigenvalue weighted by molar-refractivity contribution is -0.130. The van der Waals surface area contributed by atoms with Crippen LogP contribution in [-0.4, -0.2) is 53.4 Å². The van der Waals surface area contributed by atoms with Gasteiger partial charge in [-0.05, 0) is 51.9 Å². The van der Waals surface area contributed by atoms with E-state index in [-0.39, 0.29) is 6.04 Å². The van der Waals surface area contributed by atoms with Gasteiger partial charge in [0.05, 0.1) is 11.1 Å². The van der Waals surface area contributed by atoms with Crippen LogP contribution in [0, 0.1) is 6.42 Å². The van der Waals surface area contributed by atoms with Crippen molar-refractivity contribution < 1.29 is 4.79 Å². The first-order valence-corrected chi connectivity index (χ1v) is 8.34. The molecule has 0 aromatic carbocycles. The number of halogens is 1. The van der Waals surface area contributed by atoms with E-state index >= 15 is 0 Å². The summed E-state index contributed by atoms with van der Waals surface area (Å²) in [5, 5.41) is 0.674. The first-order chi connectivity index (χ1) is 10.6. The van der Waals surface area contributed by atoms with Crippen molar-refractivity contribution in [2.24, 2.45) is 0 Å². The fourth-order valence-corrected chi connectivity index (χ4v) is 3.81. The molecule has 1 amide bonds. The van der Waals surface area contributed by atoms with Gasteiger partial charge in [-0.3, -0.25) is 9.78 Å². The lowest BCUT2D eigenvalue weighted by atomic mass is 9.79. The zero-order valence-corrected chi connectivity index (χ0v) is 14.0. The van der Waals surface area contributed by atoms with Gasteiger partial charge in [-0.25, -0.2) is 0 Å². The zero-order chi connectivity index (χ0) is 15.7. The number of amides is 1. The predicted octanol–water partition coefficient (Wildman–Crippen LogP) is 2.74. The summed E-state index contributed by atoms with van der Waals surface area (Å²) in [5.41, 5.74) is 1.10. The summed E-state index contributed by atoms with van der Waals surface area (Å²) in [6.45, 7) is 0.897. The Hall–Kier alpha value is -1.13. The standard InChI is InChI=1S/C17H23ClN3O/c1-20(2)16-10-12(14-7-6-13(18)11-19-14)5-8-15(16)21-9-3-4-17(21)22/h6-8,11-12,15-16H,3-5,9-10H2,1-2H3. The summed E-state index contributed by atoms with van der Waals surface area (Å²) in [6.07, 6.45) is 7.72. The fourth-order valence-electron chi connectivity index (χ4n) is 3.69. The van der Waals surface area contributed by atoms with Crippen LogP contribution < -0.4 is 0 Å². The van der Waals surface area contributed by atoms with Crippen molar-refractivity contribution in [1.29, 1.82) is 0 Å². The number of likely N-dealkylation sites (tertiary alicyclic amines) is 1. The van der Waals surface area contributed by atoms with Crippen molar-refractivity contribution in [3.63, 3.8) is 0 Å². The van der Waals surface area contributed by atoms with Gasteiger partial charge in [0.25, 0.3) is 0 Å². The van der Waals surface area contributed by atoms with Crippen molar-refractivity contribution in [2.45, 2.75) is 43.7 Å². The minimum absolute atomic E-state index is 0.230. The molecule has 119 valence electrons. The average molecular weight is 321 g/mol. The molecule has 1 aliphatic carbocycles. The maximum Gasteiger partial charge on any atom is 0.222 e. The average Bonchev–Trinajstić information content (AvgIpc) is 2.93. The molecule has 0 N–H and O–H groups in total. The van der Waals surface area contributed by atoms with E-state index < -0.39 is 0 Å². The number of rotatable bonds is 3. The Labute approximate surface area is 137 Å². The van der Waals surface area contributed by atoms with Gasteiger partial charge in [0, 0.05) is 36.8 Å². The summed E-state index contributed by atoms with van der Waals surface area (Å²) in [7, 11) is 4.20. The predicted molar refractivity (Wildman–Crippen MR) is 87.7 cm³/mol. The number of likely N-dealkylation sites (N-methyl/N-ethyl adjacent to an activating group) is 1. The second-order valence-electron chi connectivity index (χ2n) is 6.52. The van der Waals surface area contributed by atoms with Crippen molar-refractivity contribution in [3.05, 3.63) is 35.5 Å². The number of hydrogen-bond donors (Lipinski definition) is 0. The molecule has 3 unspecified atom stereocenters. The second-order valence-corrected chi connectivity index (χ2v) is 6.95. The molecule has 22 heavy (non-hydrogen) atoms. The number of nitrogens with zero attached hydrogens (tertiary/aromatic N) is 3. The van der Waals surface area contributed by atoms with E-state index in [1.165, 1.54) is 0 Å². The Morgan fingerprint density at radius 2 is 2.18 bits per heavy atom. The van der Waals surface area contributed by atoms with Gasteiger partial charge in [0.15, 0.2) is 0 Å². The molecule has 3 rings (SSSR count). The summed E-state index contributed by atoms with van der Waals surface area (Å²) >= 11 is 5.93. The third-order valence-corrected chi connectivity index (χ3v) is 5.11. The molecule has 2 fully saturated rings. The molecular weight excluding hydrogens is 298 g/mol. The van der Waals surface area contributed by atoms with Crippen LogP contribution in [-0.2, 0) is 4.79 Å². The van der Waals surface area contributed by atoms with Crippen molar-refractivity contribution in [2.75, 3.05) is 20.6 Å². The number of pyridine rings is 1. The lowest BCUT2D eigenvalue weighted by Crippen LogP contribution is -2.53. The Morgan fingerprint density at radius 3 is 2.77 bits per heavy atom. The normalized spacial score (nSPS) is 29.4. The molecule has 4 nitrogen and oxygen atoms in total. The van der Waals surface area contributed by atoms with Crippen LogP contribution in [0.15, 0.2) is 18.3 Å². The molecule has 2 aliphatic rings. The Bertz CT molecular complexity index is 531. The molecule has 3 atom stereocenters. The number of carbonyl (C=O) groups excluding carboxylic acids is 1. The van der Waals surface area contributed by atoms with Gasteiger partial charge in [-0.2, -0.15) is 0 Å². The molecule has 1 saturated heterocycles. The number of aromatic nitrogens is 1. The lowest BCUT2D eigenvalue weighted by Gasteiger charge is -2.43. The maximum absolute atomic E-state index is 12.1. The summed E-state index contributed by atoms with van der Waals surface area (Å²) in [5.74, 6) is 0.704. The zero-order valence-electron chi connectivity index (χ0n) is 13.2. The van der Waals surface area contributed by atoms with Gasteiger partial charge in [-0.15, -0.1) is 0 Å². The van der Waals surface area contributed by atoms with Crippen molar-refractivity contribution in [3.8, 4) is 0 Å². The monoisotopic (exact) mass is 320 g/mol. The second kappa shape index (κ2) is 6.55. The summed E-state index contributed by atoms with van der Waals surface area (Å²) in [6, 6.07) is 4.51. The van der Waals surface area contributed by atoms with Crippen LogP contribution in [0.1, 0.15) is 37.3 Å². The SMILES string of the molecule is CN(C)C1CC(c2ccc(Cl)cn2)C[CH]C1N1CCCC1=O. The number of hydrogen-bond acceptors (Lipinski definition) is 3. The van der Waals surface area contributed by atoms with E-state index in [0.29, 0.717) is 29.3 Å². The largest absolute Gasteiger partial charge is 0.338 e. The molecule has 5 heteroatoms. The molecule has 1 aliphatic heterocycles. The molecule has 0 bridgehead atoms. The van der Waals surface area contributed by atoms with Gasteiger partial charge in [0.1, 0.15) is 0 Å². The molecule has 0 spiro atoms. The first kappa shape index (κ1) is 15.8. The van der Waals surface area contributed by atoms with E-state index in [1.807, 2.05) is 12.1 Å². The van der Waals surface area contributed by atoms with Crippen LogP contribution in [0.2, 0.25) is 5.02 Å². The van der Waals surface area contributed by atoms with E-state index in [1.54, 1.807) is 6.20 Å². The van der Waals surface area contributed by atoms with Crippen molar-refractivity contribution in [1.82, 2.24) is 14.8 Å². The van der Waals surface area contributed by atoms with E-state index in [2.05, 4.69) is 35.3 Å². The van der Waals surface area contributed by atoms with Crippen LogP contribution in [0.5, 0.6) is 0 Å². The smallest absolute Gasteiger partial charge is 0.222 e. The van der Waals surface area contributed by atoms with Crippen LogP contribution in [0.3, 0.4) is 0 Å². The quantitative estimate of drug-likeness (QED) is 0.859. The highest BCUT2D eigenvalue weighted by Gasteiger charge is 2.39. The molecule has 1 radical (unpaired) electrons. The topological polar surface area (TPSA) is 36.4 Å². The van der Waals surface area contributed by atoms with Gasteiger partial charge < -0.3 is 9.80 Å². The summed E-state index contributed by atoms with van der Waals surface area (Å²) < 4.78 is 0. The van der Waals surface area contributed by atoms with E-state index in [4.69, 9.17) is 11.6 Å². The van der Waals surface area contributed by atoms with E-state index in [9.17, 15) is 4.79 Å². The van der Waals surface area contributed by atoms with Crippen LogP contribution >= 0.6 is 11.6 Å². The Morgan fingerprint density at radius 1 is 1.36 bits per heavy atom. The molecule has 1 aromatic rings. The number of carbonyl (C=O) groups is 1. The Kier molecular flexibility index (Phi) is 4.69. The molecule has 1 saturated carbocycles. The van der Waals surface area contributed by atoms with Crippen LogP contribution in [0.4, 0.5) is 0 Å². The van der Waals surface area contributed by atoms with Crippen molar-refractivity contribution >= 4 is 17.5 Å². The molecular formula is C17H23ClN3O. The third kappa shape index (κ3) is 3.13. The van der Waals surface area contributed by atoms with E-state index in [0.717, 1.165) is 31.5 Å².